The van der Waals surface area contributed by atoms with Gasteiger partial charge in [0.2, 0.25) is 0 Å². The highest BCUT2D eigenvalue weighted by Crippen LogP contribution is 2.35. The van der Waals surface area contributed by atoms with Crippen LogP contribution in [-0.4, -0.2) is 41.0 Å². The van der Waals surface area contributed by atoms with Crippen LogP contribution in [0.2, 0.25) is 0 Å². The first-order valence-corrected chi connectivity index (χ1v) is 18.3. The predicted molar refractivity (Wildman–Crippen MR) is 175 cm³/mol. The number of phosphoric acid groups is 1. The Morgan fingerprint density at radius 1 is 0.628 bits per heavy atom. The third-order valence-electron chi connectivity index (χ3n) is 6.92. The quantitative estimate of drug-likeness (QED) is 0.0349. The Balaban J connectivity index is 4.05. The minimum absolute atomic E-state index is 0.193. The number of esters is 2. The van der Waals surface area contributed by atoms with Crippen molar-refractivity contribution in [1.29, 1.82) is 0 Å². The molecule has 9 heteroatoms. The summed E-state index contributed by atoms with van der Waals surface area (Å²) in [5.41, 5.74) is 0. The van der Waals surface area contributed by atoms with Crippen LogP contribution >= 0.6 is 7.82 Å². The maximum absolute atomic E-state index is 12.3. The smallest absolute Gasteiger partial charge is 0.462 e. The number of carbonyl (C=O) groups excluding carboxylic acids is 2. The number of hydrogen-bond donors (Lipinski definition) is 2. The first-order valence-electron chi connectivity index (χ1n) is 16.8. The summed E-state index contributed by atoms with van der Waals surface area (Å²) in [7, 11) is -4.75. The van der Waals surface area contributed by atoms with Crippen molar-refractivity contribution in [2.24, 2.45) is 0 Å². The Labute approximate surface area is 262 Å². The van der Waals surface area contributed by atoms with Gasteiger partial charge in [0.1, 0.15) is 6.61 Å². The normalized spacial score (nSPS) is 12.9. The van der Waals surface area contributed by atoms with Crippen LogP contribution in [0, 0.1) is 0 Å². The van der Waals surface area contributed by atoms with Gasteiger partial charge < -0.3 is 19.3 Å². The highest BCUT2D eigenvalue weighted by molar-refractivity contribution is 7.46. The molecule has 0 rings (SSSR count). The zero-order valence-corrected chi connectivity index (χ0v) is 28.0. The molecule has 0 radical (unpaired) electrons. The third-order valence-corrected chi connectivity index (χ3v) is 7.41. The molecule has 0 aliphatic heterocycles. The van der Waals surface area contributed by atoms with E-state index in [9.17, 15) is 14.2 Å². The van der Waals surface area contributed by atoms with E-state index >= 15 is 0 Å². The van der Waals surface area contributed by atoms with Crippen LogP contribution in [0.5, 0.6) is 0 Å². The molecule has 0 fully saturated rings. The summed E-state index contributed by atoms with van der Waals surface area (Å²) in [5, 5.41) is 0. The van der Waals surface area contributed by atoms with Gasteiger partial charge in [-0.2, -0.15) is 0 Å². The number of unbranched alkanes of at least 4 members (excludes halogenated alkanes) is 14. The molecule has 0 saturated carbocycles. The molecular weight excluding hydrogens is 567 g/mol. The van der Waals surface area contributed by atoms with E-state index in [1.54, 1.807) is 0 Å². The summed E-state index contributed by atoms with van der Waals surface area (Å²) in [4.78, 5) is 42.5. The van der Waals surface area contributed by atoms with Crippen LogP contribution in [0.3, 0.4) is 0 Å². The number of allylic oxidation sites excluding steroid dienone is 6. The lowest BCUT2D eigenvalue weighted by Gasteiger charge is -2.18. The van der Waals surface area contributed by atoms with Gasteiger partial charge in [0.25, 0.3) is 0 Å². The minimum Gasteiger partial charge on any atom is -0.462 e. The van der Waals surface area contributed by atoms with Gasteiger partial charge >= 0.3 is 19.8 Å². The molecule has 0 aliphatic rings. The lowest BCUT2D eigenvalue weighted by atomic mass is 10.1. The summed E-state index contributed by atoms with van der Waals surface area (Å²) >= 11 is 0. The van der Waals surface area contributed by atoms with Crippen molar-refractivity contribution < 1.29 is 37.9 Å². The maximum atomic E-state index is 12.3. The predicted octanol–water partition coefficient (Wildman–Crippen LogP) is 9.45. The minimum atomic E-state index is -4.75. The molecule has 0 heterocycles. The number of rotatable bonds is 30. The average Bonchev–Trinajstić information content (AvgIpc) is 2.97. The fraction of sp³-hybridized carbons (Fsp3) is 0.765. The SMILES string of the molecule is CC/C=C/C/C=C/C/C=C/CCCCCCCC(=O)O[C@H](COC(=O)CCCCCCCCCCCC)COP(=O)(O)O. The second-order valence-corrected chi connectivity index (χ2v) is 12.4. The van der Waals surface area contributed by atoms with Crippen molar-refractivity contribution in [3.63, 3.8) is 0 Å². The zero-order valence-electron chi connectivity index (χ0n) is 27.1. The van der Waals surface area contributed by atoms with E-state index in [2.05, 4.69) is 54.8 Å². The summed E-state index contributed by atoms with van der Waals surface area (Å²) < 4.78 is 26.2. The maximum Gasteiger partial charge on any atom is 0.469 e. The van der Waals surface area contributed by atoms with Crippen molar-refractivity contribution >= 4 is 19.8 Å². The molecule has 8 nitrogen and oxygen atoms in total. The molecule has 0 bridgehead atoms. The first kappa shape index (κ1) is 41.3. The highest BCUT2D eigenvalue weighted by Gasteiger charge is 2.22. The van der Waals surface area contributed by atoms with Gasteiger partial charge in [0.15, 0.2) is 6.10 Å². The Morgan fingerprint density at radius 3 is 1.67 bits per heavy atom. The largest absolute Gasteiger partial charge is 0.469 e. The molecule has 0 unspecified atom stereocenters. The molecule has 0 aliphatic carbocycles. The van der Waals surface area contributed by atoms with E-state index in [1.807, 2.05) is 0 Å². The molecule has 0 aromatic carbocycles. The van der Waals surface area contributed by atoms with Crippen molar-refractivity contribution in [1.82, 2.24) is 0 Å². The van der Waals surface area contributed by atoms with Gasteiger partial charge in [-0.15, -0.1) is 0 Å². The lowest BCUT2D eigenvalue weighted by Crippen LogP contribution is -2.29. The summed E-state index contributed by atoms with van der Waals surface area (Å²) in [5.74, 6) is -0.908. The Hall–Kier alpha value is -1.73. The second kappa shape index (κ2) is 30.3. The van der Waals surface area contributed by atoms with Crippen LogP contribution in [-0.2, 0) is 28.2 Å². The monoisotopic (exact) mass is 628 g/mol. The first-order chi connectivity index (χ1) is 20.8. The Morgan fingerprint density at radius 2 is 1.12 bits per heavy atom. The molecule has 2 N–H and O–H groups in total. The highest BCUT2D eigenvalue weighted by atomic mass is 31.2. The summed E-state index contributed by atoms with van der Waals surface area (Å²) in [6, 6.07) is 0. The van der Waals surface area contributed by atoms with E-state index in [-0.39, 0.29) is 19.4 Å². The van der Waals surface area contributed by atoms with Crippen molar-refractivity contribution in [2.75, 3.05) is 13.2 Å². The topological polar surface area (TPSA) is 119 Å². The molecule has 0 aromatic heterocycles. The molecule has 0 spiro atoms. The van der Waals surface area contributed by atoms with E-state index < -0.39 is 32.5 Å². The molecule has 0 amide bonds. The van der Waals surface area contributed by atoms with Gasteiger partial charge in [-0.1, -0.05) is 127 Å². The van der Waals surface area contributed by atoms with Crippen LogP contribution in [0.4, 0.5) is 0 Å². The van der Waals surface area contributed by atoms with Crippen molar-refractivity contribution in [3.05, 3.63) is 36.5 Å². The third kappa shape index (κ3) is 33.0. The number of phosphoric ester groups is 1. The summed E-state index contributed by atoms with van der Waals surface area (Å²) in [6.45, 7) is 3.52. The molecule has 0 saturated heterocycles. The van der Waals surface area contributed by atoms with Gasteiger partial charge in [-0.05, 0) is 44.9 Å². The van der Waals surface area contributed by atoms with E-state index in [1.165, 1.54) is 44.9 Å². The van der Waals surface area contributed by atoms with E-state index in [0.717, 1.165) is 70.6 Å². The van der Waals surface area contributed by atoms with Gasteiger partial charge in [-0.25, -0.2) is 4.57 Å². The fourth-order valence-corrected chi connectivity index (χ4v) is 4.80. The molecule has 0 aromatic rings. The summed E-state index contributed by atoms with van der Waals surface area (Å²) in [6.07, 6.45) is 33.0. The van der Waals surface area contributed by atoms with Crippen LogP contribution in [0.15, 0.2) is 36.5 Å². The van der Waals surface area contributed by atoms with E-state index in [0.29, 0.717) is 6.42 Å². The number of carbonyl (C=O) groups is 2. The molecule has 43 heavy (non-hydrogen) atoms. The van der Waals surface area contributed by atoms with Gasteiger partial charge in [0.05, 0.1) is 6.61 Å². The van der Waals surface area contributed by atoms with E-state index in [4.69, 9.17) is 19.3 Å². The van der Waals surface area contributed by atoms with Gasteiger partial charge in [0, 0.05) is 12.8 Å². The number of ether oxygens (including phenoxy) is 2. The average molecular weight is 629 g/mol. The second-order valence-electron chi connectivity index (χ2n) is 11.1. The zero-order chi connectivity index (χ0) is 31.9. The Kier molecular flexibility index (Phi) is 29.1. The van der Waals surface area contributed by atoms with Gasteiger partial charge in [-0.3, -0.25) is 14.1 Å². The van der Waals surface area contributed by atoms with Crippen LogP contribution in [0.1, 0.15) is 149 Å². The fourth-order valence-electron chi connectivity index (χ4n) is 4.44. The lowest BCUT2D eigenvalue weighted by molar-refractivity contribution is -0.161. The molecule has 250 valence electrons. The molecule has 1 atom stereocenters. The molecular formula is C34H61O8P. The van der Waals surface area contributed by atoms with Crippen LogP contribution in [0.25, 0.3) is 0 Å². The van der Waals surface area contributed by atoms with Crippen LogP contribution < -0.4 is 0 Å². The van der Waals surface area contributed by atoms with Crippen molar-refractivity contribution in [2.45, 2.75) is 155 Å². The Bertz CT molecular complexity index is 802. The standard InChI is InChI=1S/C34H61O8P/c1-3-5-7-9-11-13-15-16-17-18-19-21-23-25-27-29-34(36)42-32(31-41-43(37,38)39)30-40-33(35)28-26-24-22-20-14-12-10-8-6-4-2/h5,7,11,13,16-17,32H,3-4,6,8-10,12,14-15,18-31H2,1-2H3,(H2,37,38,39)/b7-5+,13-11+,17-16+/t32-/m1/s1. The number of hydrogen-bond acceptors (Lipinski definition) is 6. The van der Waals surface area contributed by atoms with Crippen molar-refractivity contribution in [3.8, 4) is 0 Å².